The molecular weight excluding hydrogens is 485 g/mol. The highest BCUT2D eigenvalue weighted by Crippen LogP contribution is 2.41. The van der Waals surface area contributed by atoms with Crippen molar-refractivity contribution in [2.45, 2.75) is 42.9 Å². The van der Waals surface area contributed by atoms with Gasteiger partial charge < -0.3 is 25.1 Å². The van der Waals surface area contributed by atoms with Crippen LogP contribution in [-0.4, -0.2) is 33.9 Å². The zero-order valence-corrected chi connectivity index (χ0v) is 18.7. The van der Waals surface area contributed by atoms with Crippen molar-refractivity contribution in [1.29, 1.82) is 0 Å². The number of halogens is 1. The van der Waals surface area contributed by atoms with Gasteiger partial charge in [0, 0.05) is 27.2 Å². The summed E-state index contributed by atoms with van der Waals surface area (Å²) in [6.07, 6.45) is 2.73. The predicted octanol–water partition coefficient (Wildman–Crippen LogP) is 3.89. The maximum Gasteiger partial charge on any atom is 0.231 e. The Labute approximate surface area is 181 Å². The first-order valence-electron chi connectivity index (χ1n) is 9.14. The van der Waals surface area contributed by atoms with E-state index in [4.69, 9.17) is 20.2 Å². The summed E-state index contributed by atoms with van der Waals surface area (Å²) in [5.41, 5.74) is 7.84. The Morgan fingerprint density at radius 1 is 1.32 bits per heavy atom. The number of benzene rings is 1. The number of nitrogens with one attached hydrogen (secondary N) is 1. The van der Waals surface area contributed by atoms with Crippen LogP contribution in [0.25, 0.3) is 11.0 Å². The molecule has 0 spiro atoms. The average Bonchev–Trinajstić information content (AvgIpc) is 3.24. The molecule has 7 nitrogen and oxygen atoms in total. The van der Waals surface area contributed by atoms with Crippen molar-refractivity contribution in [1.82, 2.24) is 19.9 Å². The van der Waals surface area contributed by atoms with Gasteiger partial charge >= 0.3 is 0 Å². The van der Waals surface area contributed by atoms with Crippen LogP contribution in [0, 0.1) is 3.57 Å². The highest BCUT2D eigenvalue weighted by molar-refractivity contribution is 14.1. The first-order valence-corrected chi connectivity index (χ1v) is 11.0. The van der Waals surface area contributed by atoms with Gasteiger partial charge in [-0.05, 0) is 53.8 Å². The standard InChI is InChI=1S/C19H22IN5O2S/c1-11(2)22-5-3-7-25-13-4-6-23-18(21)17(13)24-19(25)28-16-9-15-14(8-12(16)20)26-10-27-15/h4,6,8-9,11,22H,3,5,7,10H2,1-2H3,(H2,21,23)/i20-4. The van der Waals surface area contributed by atoms with Gasteiger partial charge in [-0.2, -0.15) is 0 Å². The maximum absolute atomic E-state index is 6.08. The molecular formula is C19H22IN5O2S. The summed E-state index contributed by atoms with van der Waals surface area (Å²) in [5.74, 6) is 2.02. The summed E-state index contributed by atoms with van der Waals surface area (Å²) >= 11 is 3.93. The van der Waals surface area contributed by atoms with E-state index in [1.54, 1.807) is 18.0 Å². The second-order valence-corrected chi connectivity index (χ2v) is 8.98. The Hall–Kier alpha value is -1.72. The number of hydrogen-bond donors (Lipinski definition) is 2. The fourth-order valence-electron chi connectivity index (χ4n) is 3.05. The topological polar surface area (TPSA) is 87.2 Å². The largest absolute Gasteiger partial charge is 0.454 e. The van der Waals surface area contributed by atoms with E-state index in [9.17, 15) is 0 Å². The minimum absolute atomic E-state index is 0.267. The highest BCUT2D eigenvalue weighted by Gasteiger charge is 2.20. The van der Waals surface area contributed by atoms with Crippen molar-refractivity contribution in [2.75, 3.05) is 19.1 Å². The first-order chi connectivity index (χ1) is 13.5. The van der Waals surface area contributed by atoms with Crippen LogP contribution >= 0.6 is 34.4 Å². The number of aromatic nitrogens is 3. The average molecular weight is 507 g/mol. The van der Waals surface area contributed by atoms with Crippen LogP contribution in [-0.2, 0) is 6.54 Å². The molecule has 0 amide bonds. The molecule has 3 N–H and O–H groups in total. The Balaban J connectivity index is 1.66. The lowest BCUT2D eigenvalue weighted by Crippen LogP contribution is -2.24. The van der Waals surface area contributed by atoms with Crippen molar-refractivity contribution in [3.8, 4) is 11.5 Å². The maximum atomic E-state index is 6.08. The lowest BCUT2D eigenvalue weighted by Gasteiger charge is -2.12. The molecule has 9 heteroatoms. The summed E-state index contributed by atoms with van der Waals surface area (Å²) in [4.78, 5) is 10.1. The van der Waals surface area contributed by atoms with Crippen LogP contribution < -0.4 is 20.5 Å². The van der Waals surface area contributed by atoms with Crippen LogP contribution in [0.4, 0.5) is 5.82 Å². The van der Waals surface area contributed by atoms with E-state index in [-0.39, 0.29) is 6.79 Å². The van der Waals surface area contributed by atoms with E-state index >= 15 is 0 Å². The third-order valence-electron chi connectivity index (χ3n) is 4.40. The summed E-state index contributed by atoms with van der Waals surface area (Å²) < 4.78 is 14.3. The number of ether oxygens (including phenoxy) is 2. The Kier molecular flexibility index (Phi) is 5.83. The van der Waals surface area contributed by atoms with Crippen molar-refractivity contribution < 1.29 is 9.47 Å². The number of fused-ring (bicyclic) bond motifs is 2. The minimum Gasteiger partial charge on any atom is -0.454 e. The normalized spacial score (nSPS) is 13.0. The molecule has 3 heterocycles. The summed E-state index contributed by atoms with van der Waals surface area (Å²) in [6.45, 7) is 6.37. The van der Waals surface area contributed by atoms with Gasteiger partial charge in [0.1, 0.15) is 5.52 Å². The molecule has 0 bridgehead atoms. The van der Waals surface area contributed by atoms with Gasteiger partial charge in [-0.15, -0.1) is 0 Å². The molecule has 1 aromatic carbocycles. The number of hydrogen-bond acceptors (Lipinski definition) is 7. The van der Waals surface area contributed by atoms with Gasteiger partial charge in [0.05, 0.1) is 5.52 Å². The molecule has 0 fully saturated rings. The molecule has 0 saturated heterocycles. The number of rotatable bonds is 7. The van der Waals surface area contributed by atoms with Crippen molar-refractivity contribution in [2.24, 2.45) is 0 Å². The van der Waals surface area contributed by atoms with Crippen molar-refractivity contribution in [3.63, 3.8) is 0 Å². The highest BCUT2D eigenvalue weighted by atomic mass is 123. The summed E-state index contributed by atoms with van der Waals surface area (Å²) in [6, 6.07) is 6.47. The van der Waals surface area contributed by atoms with Crippen LogP contribution in [0.15, 0.2) is 34.4 Å². The van der Waals surface area contributed by atoms with Crippen LogP contribution in [0.3, 0.4) is 0 Å². The second-order valence-electron chi connectivity index (χ2n) is 6.81. The number of aryl methyl sites for hydroxylation is 1. The van der Waals surface area contributed by atoms with E-state index in [0.717, 1.165) is 55.7 Å². The summed E-state index contributed by atoms with van der Waals surface area (Å²) in [5, 5.41) is 4.36. The number of nitrogens with two attached hydrogens (primary N) is 1. The third-order valence-corrected chi connectivity index (χ3v) is 6.71. The zero-order chi connectivity index (χ0) is 19.7. The molecule has 3 aromatic rings. The number of nitrogens with zero attached hydrogens (tertiary/aromatic N) is 3. The molecule has 1 aliphatic heterocycles. The molecule has 0 radical (unpaired) electrons. The number of pyridine rings is 1. The first kappa shape index (κ1) is 19.6. The molecule has 0 aliphatic carbocycles. The van der Waals surface area contributed by atoms with E-state index in [1.165, 1.54) is 0 Å². The van der Waals surface area contributed by atoms with Gasteiger partial charge in [0.25, 0.3) is 0 Å². The zero-order valence-electron chi connectivity index (χ0n) is 15.7. The van der Waals surface area contributed by atoms with Gasteiger partial charge in [0.15, 0.2) is 22.5 Å². The number of imidazole rings is 1. The van der Waals surface area contributed by atoms with Crippen molar-refractivity contribution in [3.05, 3.63) is 28.0 Å². The van der Waals surface area contributed by atoms with Crippen LogP contribution in [0.2, 0.25) is 0 Å². The van der Waals surface area contributed by atoms with E-state index in [0.29, 0.717) is 11.9 Å². The minimum atomic E-state index is 0.267. The molecule has 4 rings (SSSR count). The lowest BCUT2D eigenvalue weighted by molar-refractivity contribution is 0.174. The molecule has 28 heavy (non-hydrogen) atoms. The van der Waals surface area contributed by atoms with Crippen molar-refractivity contribution >= 4 is 51.2 Å². The molecule has 1 aliphatic rings. The monoisotopic (exact) mass is 507 g/mol. The van der Waals surface area contributed by atoms with Gasteiger partial charge in [-0.25, -0.2) is 9.97 Å². The van der Waals surface area contributed by atoms with E-state index < -0.39 is 0 Å². The summed E-state index contributed by atoms with van der Waals surface area (Å²) in [7, 11) is 0. The van der Waals surface area contributed by atoms with Gasteiger partial charge in [0.2, 0.25) is 6.79 Å². The third kappa shape index (κ3) is 4.01. The molecule has 0 saturated carbocycles. The molecule has 148 valence electrons. The Morgan fingerprint density at radius 3 is 2.89 bits per heavy atom. The van der Waals surface area contributed by atoms with Gasteiger partial charge in [-0.1, -0.05) is 25.6 Å². The SMILES string of the molecule is CC(C)NCCCn1c(Sc2cc3c(cc2[123I])OCO3)nc2c(N)nccc21. The van der Waals surface area contributed by atoms with Crippen LogP contribution in [0.1, 0.15) is 20.3 Å². The fourth-order valence-corrected chi connectivity index (χ4v) is 4.77. The van der Waals surface area contributed by atoms with Gasteiger partial charge in [-0.3, -0.25) is 0 Å². The molecule has 2 aromatic heterocycles. The smallest absolute Gasteiger partial charge is 0.231 e. The fraction of sp³-hybridized carbons (Fsp3) is 0.368. The molecule has 0 unspecified atom stereocenters. The second kappa shape index (κ2) is 8.34. The van der Waals surface area contributed by atoms with Crippen LogP contribution in [0.5, 0.6) is 11.5 Å². The predicted molar refractivity (Wildman–Crippen MR) is 119 cm³/mol. The molecule has 0 atom stereocenters. The lowest BCUT2D eigenvalue weighted by atomic mass is 10.3. The quantitative estimate of drug-likeness (QED) is 0.371. The Bertz CT molecular complexity index is 1010. The van der Waals surface area contributed by atoms with E-state index in [1.807, 2.05) is 18.2 Å². The number of anilines is 1. The number of nitrogen functional groups attached to an aromatic ring is 1. The van der Waals surface area contributed by atoms with E-state index in [2.05, 4.69) is 51.3 Å². The Morgan fingerprint density at radius 2 is 2.11 bits per heavy atom.